The second-order valence-corrected chi connectivity index (χ2v) is 8.98. The van der Waals surface area contributed by atoms with Gasteiger partial charge in [0, 0.05) is 36.5 Å². The highest BCUT2D eigenvalue weighted by atomic mass is 32.2. The van der Waals surface area contributed by atoms with E-state index in [1.165, 1.54) is 0 Å². The van der Waals surface area contributed by atoms with Crippen molar-refractivity contribution in [1.82, 2.24) is 14.8 Å². The van der Waals surface area contributed by atoms with Crippen molar-refractivity contribution in [3.05, 3.63) is 48.2 Å². The molecule has 5 heteroatoms. The minimum Gasteiger partial charge on any atom is -0.335 e. The summed E-state index contributed by atoms with van der Waals surface area (Å²) in [4.78, 5) is 22.2. The van der Waals surface area contributed by atoms with Crippen LogP contribution >= 0.6 is 11.8 Å². The third kappa shape index (κ3) is 8.59. The van der Waals surface area contributed by atoms with Gasteiger partial charge in [-0.15, -0.1) is 11.8 Å². The molecule has 1 aromatic carbocycles. The van der Waals surface area contributed by atoms with E-state index < -0.39 is 0 Å². The van der Waals surface area contributed by atoms with Gasteiger partial charge in [-0.3, -0.25) is 4.79 Å². The molecule has 32 heavy (non-hydrogen) atoms. The van der Waals surface area contributed by atoms with Gasteiger partial charge in [-0.2, -0.15) is 0 Å². The molecular weight excluding hydrogens is 414 g/mol. The van der Waals surface area contributed by atoms with E-state index in [0.29, 0.717) is 0 Å². The van der Waals surface area contributed by atoms with Gasteiger partial charge in [0.1, 0.15) is 0 Å². The van der Waals surface area contributed by atoms with Gasteiger partial charge in [0.2, 0.25) is 0 Å². The fourth-order valence-electron chi connectivity index (χ4n) is 3.83. The molecule has 0 bridgehead atoms. The molecule has 0 fully saturated rings. The van der Waals surface area contributed by atoms with E-state index in [0.717, 1.165) is 66.4 Å². The molecule has 1 unspecified atom stereocenters. The maximum absolute atomic E-state index is 13.3. The molecule has 0 aliphatic rings. The standard InChI is InChI=1S/C25H37N3OS.C2H6/c1-6-10-23(19-27(5)17-7-2)28(8-3)25(29)21-13-11-20(12-14-21)22-15-16-24(26-18-22)30-9-4;1-2/h11-16,18,23H,6-10,17,19H2,1-5H3;1-2H3. The van der Waals surface area contributed by atoms with Crippen LogP contribution in [-0.4, -0.2) is 59.2 Å². The van der Waals surface area contributed by atoms with Crippen molar-refractivity contribution in [1.29, 1.82) is 0 Å². The quantitative estimate of drug-likeness (QED) is 0.326. The summed E-state index contributed by atoms with van der Waals surface area (Å²) in [6.45, 7) is 15.3. The van der Waals surface area contributed by atoms with Crippen molar-refractivity contribution in [3.63, 3.8) is 0 Å². The van der Waals surface area contributed by atoms with E-state index in [-0.39, 0.29) is 11.9 Å². The van der Waals surface area contributed by atoms with Crippen LogP contribution in [0, 0.1) is 0 Å². The van der Waals surface area contributed by atoms with E-state index >= 15 is 0 Å². The minimum absolute atomic E-state index is 0.125. The molecule has 0 radical (unpaired) electrons. The Hall–Kier alpha value is -1.85. The number of nitrogens with zero attached hydrogens (tertiary/aromatic N) is 3. The Kier molecular flexibility index (Phi) is 14.0. The van der Waals surface area contributed by atoms with Crippen LogP contribution < -0.4 is 0 Å². The zero-order chi connectivity index (χ0) is 23.9. The number of carbonyl (C=O) groups is 1. The number of amides is 1. The highest BCUT2D eigenvalue weighted by Gasteiger charge is 2.24. The van der Waals surface area contributed by atoms with Crippen molar-refractivity contribution in [3.8, 4) is 11.1 Å². The number of likely N-dealkylation sites (N-methyl/N-ethyl adjacent to an activating group) is 2. The lowest BCUT2D eigenvalue weighted by atomic mass is 10.0. The fraction of sp³-hybridized carbons (Fsp3) is 0.556. The van der Waals surface area contributed by atoms with E-state index in [1.807, 2.05) is 49.2 Å². The molecule has 0 aliphatic carbocycles. The number of pyridine rings is 1. The zero-order valence-electron chi connectivity index (χ0n) is 21.2. The molecule has 0 spiro atoms. The molecule has 0 saturated heterocycles. The van der Waals surface area contributed by atoms with Crippen LogP contribution in [0.3, 0.4) is 0 Å². The Morgan fingerprint density at radius 2 is 1.62 bits per heavy atom. The predicted octanol–water partition coefficient (Wildman–Crippen LogP) is 6.86. The number of hydrogen-bond acceptors (Lipinski definition) is 4. The van der Waals surface area contributed by atoms with Crippen molar-refractivity contribution in [2.45, 2.75) is 71.9 Å². The number of rotatable bonds is 12. The molecule has 0 saturated carbocycles. The van der Waals surface area contributed by atoms with Crippen LogP contribution in [0.15, 0.2) is 47.6 Å². The molecule has 1 heterocycles. The molecule has 4 nitrogen and oxygen atoms in total. The van der Waals surface area contributed by atoms with Crippen molar-refractivity contribution in [2.24, 2.45) is 0 Å². The first-order chi connectivity index (χ1) is 15.5. The number of carbonyl (C=O) groups excluding carboxylic acids is 1. The highest BCUT2D eigenvalue weighted by Crippen LogP contribution is 2.23. The van der Waals surface area contributed by atoms with Gasteiger partial charge in [-0.25, -0.2) is 4.98 Å². The summed E-state index contributed by atoms with van der Waals surface area (Å²) in [6.07, 6.45) is 5.14. The predicted molar refractivity (Wildman–Crippen MR) is 141 cm³/mol. The monoisotopic (exact) mass is 457 g/mol. The summed E-state index contributed by atoms with van der Waals surface area (Å²) in [6, 6.07) is 12.4. The van der Waals surface area contributed by atoms with Gasteiger partial charge < -0.3 is 9.80 Å². The van der Waals surface area contributed by atoms with Gasteiger partial charge in [-0.1, -0.05) is 59.2 Å². The minimum atomic E-state index is 0.125. The molecule has 1 amide bonds. The Labute approximate surface area is 200 Å². The zero-order valence-corrected chi connectivity index (χ0v) is 22.0. The maximum Gasteiger partial charge on any atom is 0.254 e. The molecule has 0 N–H and O–H groups in total. The third-order valence-corrected chi connectivity index (χ3v) is 6.11. The summed E-state index contributed by atoms with van der Waals surface area (Å²) in [5, 5.41) is 1.04. The largest absolute Gasteiger partial charge is 0.335 e. The van der Waals surface area contributed by atoms with E-state index in [4.69, 9.17) is 0 Å². The van der Waals surface area contributed by atoms with Gasteiger partial charge in [-0.05, 0) is 62.9 Å². The number of thioether (sulfide) groups is 1. The van der Waals surface area contributed by atoms with E-state index in [2.05, 4.69) is 56.8 Å². The van der Waals surface area contributed by atoms with Gasteiger partial charge >= 0.3 is 0 Å². The molecule has 2 aromatic rings. The lowest BCUT2D eigenvalue weighted by molar-refractivity contribution is 0.0639. The van der Waals surface area contributed by atoms with Crippen LogP contribution in [0.5, 0.6) is 0 Å². The second-order valence-electron chi connectivity index (χ2n) is 7.69. The Bertz CT molecular complexity index is 761. The lowest BCUT2D eigenvalue weighted by Crippen LogP contribution is -2.46. The van der Waals surface area contributed by atoms with E-state index in [1.54, 1.807) is 11.8 Å². The second kappa shape index (κ2) is 15.9. The van der Waals surface area contributed by atoms with Crippen LogP contribution in [-0.2, 0) is 0 Å². The molecule has 178 valence electrons. The SMILES string of the molecule is CC.CCCC(CN(C)CCC)N(CC)C(=O)c1ccc(-c2ccc(SCC)nc2)cc1. The number of benzene rings is 1. The Balaban J connectivity index is 0.00000249. The molecule has 1 aromatic heterocycles. The van der Waals surface area contributed by atoms with Crippen LogP contribution in [0.25, 0.3) is 11.1 Å². The molecule has 0 aliphatic heterocycles. The molecule has 1 atom stereocenters. The average molecular weight is 458 g/mol. The Morgan fingerprint density at radius 1 is 0.969 bits per heavy atom. The molecular formula is C27H43N3OS. The Morgan fingerprint density at radius 3 is 2.12 bits per heavy atom. The van der Waals surface area contributed by atoms with Crippen molar-refractivity contribution >= 4 is 17.7 Å². The maximum atomic E-state index is 13.3. The highest BCUT2D eigenvalue weighted by molar-refractivity contribution is 7.99. The normalized spacial score (nSPS) is 11.6. The van der Waals surface area contributed by atoms with Crippen LogP contribution in [0.1, 0.15) is 71.2 Å². The topological polar surface area (TPSA) is 36.4 Å². The third-order valence-electron chi connectivity index (χ3n) is 5.29. The summed E-state index contributed by atoms with van der Waals surface area (Å²) < 4.78 is 0. The average Bonchev–Trinajstić information content (AvgIpc) is 2.82. The molecule has 2 rings (SSSR count). The summed E-state index contributed by atoms with van der Waals surface area (Å²) in [7, 11) is 2.15. The van der Waals surface area contributed by atoms with Gasteiger partial charge in [0.15, 0.2) is 0 Å². The van der Waals surface area contributed by atoms with Gasteiger partial charge in [0.25, 0.3) is 5.91 Å². The summed E-state index contributed by atoms with van der Waals surface area (Å²) >= 11 is 1.74. The fourth-order valence-corrected chi connectivity index (χ4v) is 4.42. The first-order valence-corrected chi connectivity index (χ1v) is 13.2. The summed E-state index contributed by atoms with van der Waals surface area (Å²) in [5.74, 6) is 1.14. The van der Waals surface area contributed by atoms with Crippen molar-refractivity contribution in [2.75, 3.05) is 32.4 Å². The van der Waals surface area contributed by atoms with E-state index in [9.17, 15) is 4.79 Å². The number of hydrogen-bond donors (Lipinski definition) is 0. The van der Waals surface area contributed by atoms with Gasteiger partial charge in [0.05, 0.1) is 5.03 Å². The smallest absolute Gasteiger partial charge is 0.254 e. The first-order valence-electron chi connectivity index (χ1n) is 12.2. The van der Waals surface area contributed by atoms with Crippen LogP contribution in [0.4, 0.5) is 0 Å². The first kappa shape index (κ1) is 28.2. The van der Waals surface area contributed by atoms with Crippen LogP contribution in [0.2, 0.25) is 0 Å². The number of aromatic nitrogens is 1. The summed E-state index contributed by atoms with van der Waals surface area (Å²) in [5.41, 5.74) is 2.92. The van der Waals surface area contributed by atoms with Crippen molar-refractivity contribution < 1.29 is 4.79 Å². The lowest BCUT2D eigenvalue weighted by Gasteiger charge is -2.34.